The minimum Gasteiger partial charge on any atom is -0.399 e. The molecule has 0 bridgehead atoms. The van der Waals surface area contributed by atoms with Gasteiger partial charge in [0.25, 0.3) is 0 Å². The van der Waals surface area contributed by atoms with Crippen LogP contribution in [0, 0.1) is 0 Å². The number of thiol groups is 1. The topological polar surface area (TPSA) is 63.3 Å². The van der Waals surface area contributed by atoms with E-state index in [0.717, 1.165) is 5.56 Å². The third-order valence-corrected chi connectivity index (χ3v) is 2.46. The van der Waals surface area contributed by atoms with Crippen molar-refractivity contribution in [2.24, 2.45) is 0 Å². The lowest BCUT2D eigenvalue weighted by atomic mass is 10.0. The minimum atomic E-state index is -0.946. The normalized spacial score (nSPS) is 14.4. The number of Topliss-reactive ketones (excluding diaryl/α,β-unsaturated/α-hetero) is 1. The molecular formula is C12H17NO2S. The summed E-state index contributed by atoms with van der Waals surface area (Å²) >= 11 is 4.12. The number of hydrogen-bond donors (Lipinski definition) is 3. The molecule has 88 valence electrons. The largest absolute Gasteiger partial charge is 0.399 e. The van der Waals surface area contributed by atoms with Crippen LogP contribution in [-0.2, 0) is 11.2 Å². The molecule has 0 aliphatic carbocycles. The van der Waals surface area contributed by atoms with Gasteiger partial charge in [-0.25, -0.2) is 0 Å². The Morgan fingerprint density at radius 1 is 1.44 bits per heavy atom. The van der Waals surface area contributed by atoms with E-state index in [1.807, 2.05) is 19.1 Å². The second-order valence-electron chi connectivity index (χ2n) is 3.98. The van der Waals surface area contributed by atoms with Crippen molar-refractivity contribution in [3.8, 4) is 0 Å². The van der Waals surface area contributed by atoms with Crippen molar-refractivity contribution in [3.63, 3.8) is 0 Å². The summed E-state index contributed by atoms with van der Waals surface area (Å²) in [5, 5.41) is 9.65. The first-order chi connectivity index (χ1) is 7.49. The standard InChI is InChI=1S/C12H17NO2S/c1-8(16)6-11(14)12(15)7-9-2-4-10(13)5-3-9/h2-5,8,12,15-16H,6-7,13H2,1H3/t8-,12?/m0/s1. The number of anilines is 1. The predicted octanol–water partition coefficient (Wildman–Crippen LogP) is 1.45. The third-order valence-electron chi connectivity index (χ3n) is 2.28. The first-order valence-electron chi connectivity index (χ1n) is 5.22. The summed E-state index contributed by atoms with van der Waals surface area (Å²) in [5.41, 5.74) is 7.12. The van der Waals surface area contributed by atoms with E-state index in [1.54, 1.807) is 12.1 Å². The van der Waals surface area contributed by atoms with E-state index < -0.39 is 6.10 Å². The first kappa shape index (κ1) is 13.1. The zero-order chi connectivity index (χ0) is 12.1. The lowest BCUT2D eigenvalue weighted by molar-refractivity contribution is -0.126. The number of nitrogen functional groups attached to an aromatic ring is 1. The average molecular weight is 239 g/mol. The number of rotatable bonds is 5. The van der Waals surface area contributed by atoms with E-state index in [-0.39, 0.29) is 11.0 Å². The number of aliphatic hydroxyl groups is 1. The van der Waals surface area contributed by atoms with Crippen molar-refractivity contribution in [2.75, 3.05) is 5.73 Å². The van der Waals surface area contributed by atoms with E-state index in [2.05, 4.69) is 12.6 Å². The maximum Gasteiger partial charge on any atom is 0.162 e. The molecule has 0 aliphatic rings. The molecule has 0 spiro atoms. The first-order valence-corrected chi connectivity index (χ1v) is 5.74. The summed E-state index contributed by atoms with van der Waals surface area (Å²) in [7, 11) is 0. The van der Waals surface area contributed by atoms with E-state index in [0.29, 0.717) is 18.5 Å². The lowest BCUT2D eigenvalue weighted by Gasteiger charge is -2.11. The van der Waals surface area contributed by atoms with Crippen LogP contribution in [0.15, 0.2) is 24.3 Å². The molecule has 0 amide bonds. The van der Waals surface area contributed by atoms with E-state index >= 15 is 0 Å². The van der Waals surface area contributed by atoms with Crippen LogP contribution in [0.4, 0.5) is 5.69 Å². The summed E-state index contributed by atoms with van der Waals surface area (Å²) in [5.74, 6) is -0.167. The Kier molecular flexibility index (Phi) is 4.83. The van der Waals surface area contributed by atoms with Gasteiger partial charge in [0, 0.05) is 23.8 Å². The van der Waals surface area contributed by atoms with Crippen molar-refractivity contribution in [1.29, 1.82) is 0 Å². The fourth-order valence-corrected chi connectivity index (χ4v) is 1.60. The summed E-state index contributed by atoms with van der Waals surface area (Å²) in [6.07, 6.45) is -0.322. The molecule has 0 saturated carbocycles. The third kappa shape index (κ3) is 4.24. The van der Waals surface area contributed by atoms with Gasteiger partial charge in [0.05, 0.1) is 0 Å². The van der Waals surface area contributed by atoms with Crippen LogP contribution < -0.4 is 5.73 Å². The van der Waals surface area contributed by atoms with Crippen LogP contribution in [0.5, 0.6) is 0 Å². The van der Waals surface area contributed by atoms with Gasteiger partial charge in [0.2, 0.25) is 0 Å². The van der Waals surface area contributed by atoms with Crippen LogP contribution in [-0.4, -0.2) is 22.2 Å². The van der Waals surface area contributed by atoms with Gasteiger partial charge in [-0.15, -0.1) is 0 Å². The second-order valence-corrected chi connectivity index (χ2v) is 4.86. The highest BCUT2D eigenvalue weighted by molar-refractivity contribution is 7.80. The van der Waals surface area contributed by atoms with E-state index in [4.69, 9.17) is 5.73 Å². The lowest BCUT2D eigenvalue weighted by Crippen LogP contribution is -2.24. The number of carbonyl (C=O) groups is 1. The molecule has 1 aromatic rings. The Bertz CT molecular complexity index is 349. The van der Waals surface area contributed by atoms with Gasteiger partial charge >= 0.3 is 0 Å². The molecule has 4 heteroatoms. The van der Waals surface area contributed by atoms with Gasteiger partial charge in [0.1, 0.15) is 6.10 Å². The minimum absolute atomic E-state index is 0.0198. The Balaban J connectivity index is 2.53. The maximum atomic E-state index is 11.5. The molecule has 1 aromatic carbocycles. The number of benzene rings is 1. The van der Waals surface area contributed by atoms with Gasteiger partial charge in [0.15, 0.2) is 5.78 Å². The van der Waals surface area contributed by atoms with Crippen LogP contribution >= 0.6 is 12.6 Å². The number of nitrogens with two attached hydrogens (primary N) is 1. The Labute approximate surface area is 101 Å². The molecule has 2 atom stereocenters. The number of aliphatic hydroxyl groups excluding tert-OH is 1. The fourth-order valence-electron chi connectivity index (χ4n) is 1.42. The maximum absolute atomic E-state index is 11.5. The Hall–Kier alpha value is -1.00. The summed E-state index contributed by atoms with van der Waals surface area (Å²) < 4.78 is 0. The van der Waals surface area contributed by atoms with Gasteiger partial charge in [-0.05, 0) is 17.7 Å². The number of carbonyl (C=O) groups excluding carboxylic acids is 1. The second kappa shape index (κ2) is 5.92. The van der Waals surface area contributed by atoms with Gasteiger partial charge in [-0.2, -0.15) is 12.6 Å². The van der Waals surface area contributed by atoms with Crippen LogP contribution in [0.2, 0.25) is 0 Å². The van der Waals surface area contributed by atoms with Crippen LogP contribution in [0.25, 0.3) is 0 Å². The van der Waals surface area contributed by atoms with Crippen LogP contribution in [0.1, 0.15) is 18.9 Å². The molecule has 16 heavy (non-hydrogen) atoms. The highest BCUT2D eigenvalue weighted by atomic mass is 32.1. The summed E-state index contributed by atoms with van der Waals surface area (Å²) in [6.45, 7) is 1.83. The highest BCUT2D eigenvalue weighted by Crippen LogP contribution is 2.10. The quantitative estimate of drug-likeness (QED) is 0.538. The van der Waals surface area contributed by atoms with Crippen molar-refractivity contribution < 1.29 is 9.90 Å². The van der Waals surface area contributed by atoms with Gasteiger partial charge in [-0.3, -0.25) is 4.79 Å². The molecule has 3 N–H and O–H groups in total. The van der Waals surface area contributed by atoms with Crippen molar-refractivity contribution >= 4 is 24.1 Å². The fraction of sp³-hybridized carbons (Fsp3) is 0.417. The average Bonchev–Trinajstić information content (AvgIpc) is 2.20. The summed E-state index contributed by atoms with van der Waals surface area (Å²) in [4.78, 5) is 11.5. The zero-order valence-electron chi connectivity index (χ0n) is 9.26. The molecule has 1 rings (SSSR count). The number of hydrogen-bond acceptors (Lipinski definition) is 4. The number of ketones is 1. The Morgan fingerprint density at radius 2 is 2.00 bits per heavy atom. The van der Waals surface area contributed by atoms with Crippen LogP contribution in [0.3, 0.4) is 0 Å². The van der Waals surface area contributed by atoms with Crippen molar-refractivity contribution in [2.45, 2.75) is 31.1 Å². The molecule has 0 saturated heterocycles. The molecule has 0 fully saturated rings. The van der Waals surface area contributed by atoms with E-state index in [9.17, 15) is 9.90 Å². The van der Waals surface area contributed by atoms with E-state index in [1.165, 1.54) is 0 Å². The Morgan fingerprint density at radius 3 is 2.50 bits per heavy atom. The molecule has 3 nitrogen and oxygen atoms in total. The predicted molar refractivity (Wildman–Crippen MR) is 68.6 cm³/mol. The molecule has 0 radical (unpaired) electrons. The van der Waals surface area contributed by atoms with Crippen molar-refractivity contribution in [3.05, 3.63) is 29.8 Å². The molecule has 1 unspecified atom stereocenters. The summed E-state index contributed by atoms with van der Waals surface area (Å²) in [6, 6.07) is 7.15. The molecule has 0 aliphatic heterocycles. The highest BCUT2D eigenvalue weighted by Gasteiger charge is 2.16. The van der Waals surface area contributed by atoms with Crippen molar-refractivity contribution in [1.82, 2.24) is 0 Å². The monoisotopic (exact) mass is 239 g/mol. The smallest absolute Gasteiger partial charge is 0.162 e. The molecule has 0 heterocycles. The molecule has 0 aromatic heterocycles. The zero-order valence-corrected chi connectivity index (χ0v) is 10.2. The van der Waals surface area contributed by atoms with Gasteiger partial charge in [-0.1, -0.05) is 19.1 Å². The SMILES string of the molecule is C[C@H](S)CC(=O)C(O)Cc1ccc(N)cc1. The van der Waals surface area contributed by atoms with Gasteiger partial charge < -0.3 is 10.8 Å². The molecular weight excluding hydrogens is 222 g/mol.